The van der Waals surface area contributed by atoms with Crippen molar-refractivity contribution in [2.75, 3.05) is 11.6 Å². The van der Waals surface area contributed by atoms with Crippen molar-refractivity contribution < 1.29 is 13.3 Å². The van der Waals surface area contributed by atoms with Crippen molar-refractivity contribution in [3.8, 4) is 0 Å². The highest BCUT2D eigenvalue weighted by molar-refractivity contribution is 7.90. The maximum absolute atomic E-state index is 11.9. The Morgan fingerprint density at radius 2 is 1.52 bits per heavy atom. The molecule has 0 radical (unpaired) electrons. The fraction of sp³-hybridized carbons (Fsp3) is 0.100. The van der Waals surface area contributed by atoms with Gasteiger partial charge >= 0.3 is 0 Å². The predicted octanol–water partition coefficient (Wildman–Crippen LogP) is 4.20. The third-order valence-electron chi connectivity index (χ3n) is 4.15. The Hall–Kier alpha value is -3.19. The van der Waals surface area contributed by atoms with E-state index in [1.165, 1.54) is 12.1 Å². The van der Waals surface area contributed by atoms with Gasteiger partial charge in [0.15, 0.2) is 9.84 Å². The normalized spacial score (nSPS) is 12.3. The van der Waals surface area contributed by atoms with E-state index in [1.54, 1.807) is 36.4 Å². The minimum atomic E-state index is -3.37. The monoisotopic (exact) mass is 382 g/mol. The van der Waals surface area contributed by atoms with Crippen molar-refractivity contribution in [2.45, 2.75) is 10.9 Å². The summed E-state index contributed by atoms with van der Waals surface area (Å²) in [6, 6.07) is 21.9. The minimum Gasteiger partial charge on any atom is -0.369 e. The topological polar surface area (TPSA) is 89.3 Å². The van der Waals surface area contributed by atoms with E-state index in [4.69, 9.17) is 0 Å². The number of para-hydroxylation sites is 2. The van der Waals surface area contributed by atoms with Crippen molar-refractivity contribution in [1.29, 1.82) is 0 Å². The summed E-state index contributed by atoms with van der Waals surface area (Å²) in [5.41, 5.74) is 1.88. The molecule has 3 aromatic rings. The molecule has 3 rings (SSSR count). The molecule has 6 nitrogen and oxygen atoms in total. The van der Waals surface area contributed by atoms with Gasteiger partial charge in [-0.1, -0.05) is 54.6 Å². The fourth-order valence-corrected chi connectivity index (χ4v) is 3.52. The third kappa shape index (κ3) is 4.32. The van der Waals surface area contributed by atoms with Crippen LogP contribution in [0.4, 0.5) is 11.4 Å². The zero-order valence-corrected chi connectivity index (χ0v) is 15.4. The SMILES string of the molecule is CS(=O)(=O)c1cccc(C(Nc2ccccc2[N+](=O)[O-])c2ccccc2)c1. The van der Waals surface area contributed by atoms with Gasteiger partial charge in [0.25, 0.3) is 5.69 Å². The number of hydrogen-bond acceptors (Lipinski definition) is 5. The van der Waals surface area contributed by atoms with Gasteiger partial charge < -0.3 is 5.32 Å². The first kappa shape index (κ1) is 18.6. The highest BCUT2D eigenvalue weighted by Crippen LogP contribution is 2.32. The quantitative estimate of drug-likeness (QED) is 0.510. The first-order valence-corrected chi connectivity index (χ1v) is 10.1. The number of nitro benzene ring substituents is 1. The summed E-state index contributed by atoms with van der Waals surface area (Å²) in [5, 5.41) is 14.6. The number of sulfone groups is 1. The largest absolute Gasteiger partial charge is 0.369 e. The molecule has 0 fully saturated rings. The smallest absolute Gasteiger partial charge is 0.292 e. The van der Waals surface area contributed by atoms with E-state index in [0.717, 1.165) is 11.8 Å². The second kappa shape index (κ2) is 7.59. The molecule has 0 aromatic heterocycles. The molecule has 0 saturated carbocycles. The summed E-state index contributed by atoms with van der Waals surface area (Å²) in [7, 11) is -3.37. The molecule has 3 aromatic carbocycles. The molecule has 0 aliphatic heterocycles. The molecule has 0 saturated heterocycles. The average Bonchev–Trinajstić information content (AvgIpc) is 2.66. The van der Waals surface area contributed by atoms with Crippen LogP contribution in [0.3, 0.4) is 0 Å². The molecule has 0 bridgehead atoms. The number of nitrogens with zero attached hydrogens (tertiary/aromatic N) is 1. The number of nitro groups is 1. The zero-order valence-electron chi connectivity index (χ0n) is 14.6. The Bertz CT molecular complexity index is 1070. The summed E-state index contributed by atoms with van der Waals surface area (Å²) in [6.07, 6.45) is 1.15. The first-order chi connectivity index (χ1) is 12.9. The Morgan fingerprint density at radius 3 is 2.19 bits per heavy atom. The summed E-state index contributed by atoms with van der Waals surface area (Å²) in [4.78, 5) is 11.1. The first-order valence-electron chi connectivity index (χ1n) is 8.21. The second-order valence-electron chi connectivity index (χ2n) is 6.11. The van der Waals surface area contributed by atoms with E-state index < -0.39 is 20.8 Å². The molecule has 7 heteroatoms. The molecule has 1 N–H and O–H groups in total. The van der Waals surface area contributed by atoms with Gasteiger partial charge in [0, 0.05) is 12.3 Å². The summed E-state index contributed by atoms with van der Waals surface area (Å²) in [5.74, 6) is 0. The molecule has 1 unspecified atom stereocenters. The van der Waals surface area contributed by atoms with Crippen molar-refractivity contribution in [1.82, 2.24) is 0 Å². The van der Waals surface area contributed by atoms with Crippen molar-refractivity contribution in [3.63, 3.8) is 0 Å². The second-order valence-corrected chi connectivity index (χ2v) is 8.12. The van der Waals surface area contributed by atoms with Gasteiger partial charge in [-0.15, -0.1) is 0 Å². The number of benzene rings is 3. The van der Waals surface area contributed by atoms with Crippen LogP contribution in [0.25, 0.3) is 0 Å². The van der Waals surface area contributed by atoms with Gasteiger partial charge in [0.05, 0.1) is 15.9 Å². The van der Waals surface area contributed by atoms with Crippen LogP contribution < -0.4 is 5.32 Å². The molecule has 0 spiro atoms. The summed E-state index contributed by atoms with van der Waals surface area (Å²) < 4.78 is 23.9. The Labute approximate surface area is 157 Å². The number of rotatable bonds is 6. The van der Waals surface area contributed by atoms with Crippen molar-refractivity contribution in [2.24, 2.45) is 0 Å². The molecule has 138 valence electrons. The molecule has 27 heavy (non-hydrogen) atoms. The lowest BCUT2D eigenvalue weighted by Crippen LogP contribution is -2.14. The van der Waals surface area contributed by atoms with Gasteiger partial charge in [-0.2, -0.15) is 0 Å². The van der Waals surface area contributed by atoms with Crippen LogP contribution in [0.15, 0.2) is 83.8 Å². The van der Waals surface area contributed by atoms with Crippen LogP contribution in [0.1, 0.15) is 17.2 Å². The Kier molecular flexibility index (Phi) is 5.23. The Morgan fingerprint density at radius 1 is 0.889 bits per heavy atom. The van der Waals surface area contributed by atoms with Gasteiger partial charge in [0.1, 0.15) is 5.69 Å². The van der Waals surface area contributed by atoms with Gasteiger partial charge in [-0.3, -0.25) is 10.1 Å². The molecular formula is C20H18N2O4S. The lowest BCUT2D eigenvalue weighted by Gasteiger charge is -2.21. The predicted molar refractivity (Wildman–Crippen MR) is 105 cm³/mol. The van der Waals surface area contributed by atoms with E-state index in [9.17, 15) is 18.5 Å². The number of hydrogen-bond donors (Lipinski definition) is 1. The van der Waals surface area contributed by atoms with E-state index in [-0.39, 0.29) is 10.6 Å². The van der Waals surface area contributed by atoms with Crippen LogP contribution in [0, 0.1) is 10.1 Å². The molecule has 0 amide bonds. The molecule has 0 heterocycles. The van der Waals surface area contributed by atoms with E-state index in [2.05, 4.69) is 5.32 Å². The number of nitrogens with one attached hydrogen (secondary N) is 1. The van der Waals surface area contributed by atoms with Crippen LogP contribution in [-0.2, 0) is 9.84 Å². The number of anilines is 1. The maximum atomic E-state index is 11.9. The molecule has 0 aliphatic carbocycles. The van der Waals surface area contributed by atoms with E-state index in [1.807, 2.05) is 30.3 Å². The highest BCUT2D eigenvalue weighted by atomic mass is 32.2. The van der Waals surface area contributed by atoms with Gasteiger partial charge in [-0.05, 0) is 29.3 Å². The highest BCUT2D eigenvalue weighted by Gasteiger charge is 2.20. The van der Waals surface area contributed by atoms with E-state index >= 15 is 0 Å². The lowest BCUT2D eigenvalue weighted by molar-refractivity contribution is -0.384. The Balaban J connectivity index is 2.11. The van der Waals surface area contributed by atoms with Crippen LogP contribution >= 0.6 is 0 Å². The van der Waals surface area contributed by atoms with Crippen LogP contribution in [0.5, 0.6) is 0 Å². The third-order valence-corrected chi connectivity index (χ3v) is 5.26. The van der Waals surface area contributed by atoms with Crippen molar-refractivity contribution in [3.05, 3.63) is 100 Å². The average molecular weight is 382 g/mol. The van der Waals surface area contributed by atoms with Crippen molar-refractivity contribution >= 4 is 21.2 Å². The van der Waals surface area contributed by atoms with Crippen LogP contribution in [-0.4, -0.2) is 19.6 Å². The maximum Gasteiger partial charge on any atom is 0.292 e. The fourth-order valence-electron chi connectivity index (χ4n) is 2.84. The van der Waals surface area contributed by atoms with E-state index in [0.29, 0.717) is 11.3 Å². The lowest BCUT2D eigenvalue weighted by atomic mass is 9.98. The van der Waals surface area contributed by atoms with Gasteiger partial charge in [-0.25, -0.2) is 8.42 Å². The molecule has 0 aliphatic rings. The standard InChI is InChI=1S/C20H18N2O4S/c1-27(25,26)17-11-7-10-16(14-17)20(15-8-3-2-4-9-15)21-18-12-5-6-13-19(18)22(23)24/h2-14,20-21H,1H3. The van der Waals surface area contributed by atoms with Gasteiger partial charge in [0.2, 0.25) is 0 Å². The molecular weight excluding hydrogens is 364 g/mol. The summed E-state index contributed by atoms with van der Waals surface area (Å²) >= 11 is 0. The zero-order chi connectivity index (χ0) is 19.4. The molecule has 1 atom stereocenters. The summed E-state index contributed by atoms with van der Waals surface area (Å²) in [6.45, 7) is 0. The minimum absolute atomic E-state index is 0.0438. The van der Waals surface area contributed by atoms with Crippen LogP contribution in [0.2, 0.25) is 0 Å².